The minimum atomic E-state index is -3.62. The third-order valence-electron chi connectivity index (χ3n) is 2.92. The first-order valence-corrected chi connectivity index (χ1v) is 9.01. The molecule has 1 rings (SSSR count). The molecule has 8 heteroatoms. The predicted molar refractivity (Wildman–Crippen MR) is 81.4 cm³/mol. The van der Waals surface area contributed by atoms with Gasteiger partial charge < -0.3 is 4.74 Å². The zero-order valence-corrected chi connectivity index (χ0v) is 13.5. The van der Waals surface area contributed by atoms with Crippen LogP contribution in [0.4, 0.5) is 5.69 Å². The number of aryl methyl sites for hydroxylation is 1. The van der Waals surface area contributed by atoms with Crippen LogP contribution in [0.3, 0.4) is 0 Å². The molecule has 0 N–H and O–H groups in total. The highest BCUT2D eigenvalue weighted by Gasteiger charge is 2.20. The number of nitro groups is 1. The third-order valence-corrected chi connectivity index (χ3v) is 4.16. The smallest absolute Gasteiger partial charge is 0.311 e. The lowest BCUT2D eigenvalue weighted by atomic mass is 10.1. The Morgan fingerprint density at radius 2 is 2.10 bits per heavy atom. The van der Waals surface area contributed by atoms with E-state index in [2.05, 4.69) is 0 Å². The molecule has 0 aromatic heterocycles. The van der Waals surface area contributed by atoms with Crippen LogP contribution in [-0.4, -0.2) is 25.7 Å². The minimum absolute atomic E-state index is 0.0731. The van der Waals surface area contributed by atoms with Crippen molar-refractivity contribution in [3.05, 3.63) is 33.9 Å². The summed E-state index contributed by atoms with van der Waals surface area (Å²) >= 11 is 0. The molecule has 0 fully saturated rings. The number of rotatable bonds is 8. The van der Waals surface area contributed by atoms with Crippen LogP contribution in [0.25, 0.3) is 0 Å². The number of ether oxygens (including phenoxy) is 1. The van der Waals surface area contributed by atoms with Gasteiger partial charge in [-0.15, -0.1) is 0 Å². The van der Waals surface area contributed by atoms with E-state index in [1.807, 2.05) is 6.92 Å². The van der Waals surface area contributed by atoms with Crippen molar-refractivity contribution in [2.24, 2.45) is 5.92 Å². The Morgan fingerprint density at radius 1 is 1.43 bits per heavy atom. The van der Waals surface area contributed by atoms with Crippen molar-refractivity contribution >= 4 is 25.4 Å². The maximum absolute atomic E-state index is 11.1. The molecule has 0 bridgehead atoms. The van der Waals surface area contributed by atoms with Crippen molar-refractivity contribution in [2.75, 3.05) is 12.4 Å². The SMILES string of the molecule is CCCC(COc1ccc(C)cc1[N+](=O)[O-])CS(=O)(=O)Cl. The van der Waals surface area contributed by atoms with Crippen LogP contribution >= 0.6 is 10.7 Å². The van der Waals surface area contributed by atoms with Crippen LogP contribution in [0, 0.1) is 23.0 Å². The average Bonchev–Trinajstić information content (AvgIpc) is 2.35. The lowest BCUT2D eigenvalue weighted by Gasteiger charge is -2.15. The second-order valence-electron chi connectivity index (χ2n) is 4.90. The molecule has 0 saturated heterocycles. The number of hydrogen-bond donors (Lipinski definition) is 0. The Labute approximate surface area is 128 Å². The maximum atomic E-state index is 11.1. The number of benzene rings is 1. The lowest BCUT2D eigenvalue weighted by Crippen LogP contribution is -2.20. The Morgan fingerprint density at radius 3 is 2.62 bits per heavy atom. The van der Waals surface area contributed by atoms with Gasteiger partial charge in [0.25, 0.3) is 0 Å². The van der Waals surface area contributed by atoms with E-state index in [0.29, 0.717) is 6.42 Å². The summed E-state index contributed by atoms with van der Waals surface area (Å²) in [7, 11) is 1.63. The molecular formula is C13H18ClNO5S. The van der Waals surface area contributed by atoms with Gasteiger partial charge in [-0.05, 0) is 25.0 Å². The van der Waals surface area contributed by atoms with Gasteiger partial charge >= 0.3 is 5.69 Å². The summed E-state index contributed by atoms with van der Waals surface area (Å²) in [6.07, 6.45) is 1.39. The van der Waals surface area contributed by atoms with Crippen LogP contribution < -0.4 is 4.74 Å². The van der Waals surface area contributed by atoms with E-state index in [1.54, 1.807) is 13.0 Å². The van der Waals surface area contributed by atoms with E-state index in [-0.39, 0.29) is 29.7 Å². The van der Waals surface area contributed by atoms with E-state index in [9.17, 15) is 18.5 Å². The second kappa shape index (κ2) is 7.61. The number of halogens is 1. The van der Waals surface area contributed by atoms with Crippen molar-refractivity contribution in [2.45, 2.75) is 26.7 Å². The normalized spacial score (nSPS) is 12.9. The molecule has 118 valence electrons. The van der Waals surface area contributed by atoms with Crippen molar-refractivity contribution in [3.8, 4) is 5.75 Å². The molecule has 0 heterocycles. The fraction of sp³-hybridized carbons (Fsp3) is 0.538. The second-order valence-corrected chi connectivity index (χ2v) is 7.72. The highest BCUT2D eigenvalue weighted by Crippen LogP contribution is 2.28. The molecule has 0 spiro atoms. The van der Waals surface area contributed by atoms with E-state index in [4.69, 9.17) is 15.4 Å². The van der Waals surface area contributed by atoms with Gasteiger partial charge in [0, 0.05) is 22.7 Å². The van der Waals surface area contributed by atoms with Gasteiger partial charge in [0.15, 0.2) is 5.75 Å². The first-order valence-electron chi connectivity index (χ1n) is 6.53. The highest BCUT2D eigenvalue weighted by molar-refractivity contribution is 8.13. The quantitative estimate of drug-likeness (QED) is 0.413. The Bertz CT molecular complexity index is 603. The molecule has 1 unspecified atom stereocenters. The molecule has 6 nitrogen and oxygen atoms in total. The van der Waals surface area contributed by atoms with Crippen LogP contribution in [0.5, 0.6) is 5.75 Å². The zero-order valence-electron chi connectivity index (χ0n) is 11.9. The van der Waals surface area contributed by atoms with Crippen LogP contribution in [0.1, 0.15) is 25.3 Å². The Balaban J connectivity index is 2.82. The van der Waals surface area contributed by atoms with Crippen LogP contribution in [0.15, 0.2) is 18.2 Å². The summed E-state index contributed by atoms with van der Waals surface area (Å²) in [5.41, 5.74) is 0.626. The van der Waals surface area contributed by atoms with E-state index in [0.717, 1.165) is 12.0 Å². The average molecular weight is 336 g/mol. The minimum Gasteiger partial charge on any atom is -0.486 e. The zero-order chi connectivity index (χ0) is 16.0. The van der Waals surface area contributed by atoms with Gasteiger partial charge in [-0.1, -0.05) is 19.4 Å². The molecule has 1 aromatic carbocycles. The summed E-state index contributed by atoms with van der Waals surface area (Å²) in [5.74, 6) is -0.362. The topological polar surface area (TPSA) is 86.5 Å². The van der Waals surface area contributed by atoms with Crippen LogP contribution in [-0.2, 0) is 9.05 Å². The van der Waals surface area contributed by atoms with E-state index >= 15 is 0 Å². The highest BCUT2D eigenvalue weighted by atomic mass is 35.7. The van der Waals surface area contributed by atoms with Gasteiger partial charge in [0.05, 0.1) is 17.3 Å². The molecule has 21 heavy (non-hydrogen) atoms. The van der Waals surface area contributed by atoms with Crippen molar-refractivity contribution in [1.29, 1.82) is 0 Å². The Kier molecular flexibility index (Phi) is 6.42. The van der Waals surface area contributed by atoms with Gasteiger partial charge in [-0.25, -0.2) is 8.42 Å². The molecule has 0 aliphatic carbocycles. The fourth-order valence-electron chi connectivity index (χ4n) is 2.00. The molecule has 0 radical (unpaired) electrons. The fourth-order valence-corrected chi connectivity index (χ4v) is 3.36. The van der Waals surface area contributed by atoms with Gasteiger partial charge in [-0.2, -0.15) is 0 Å². The predicted octanol–water partition coefficient (Wildman–Crippen LogP) is 3.27. The summed E-state index contributed by atoms with van der Waals surface area (Å²) < 4.78 is 27.7. The third kappa shape index (κ3) is 6.31. The summed E-state index contributed by atoms with van der Waals surface area (Å²) in [6.45, 7) is 3.74. The molecule has 1 atom stereocenters. The largest absolute Gasteiger partial charge is 0.486 e. The number of nitrogens with zero attached hydrogens (tertiary/aromatic N) is 1. The van der Waals surface area contributed by atoms with Gasteiger partial charge in [-0.3, -0.25) is 10.1 Å². The van der Waals surface area contributed by atoms with Crippen molar-refractivity contribution in [1.82, 2.24) is 0 Å². The van der Waals surface area contributed by atoms with Gasteiger partial charge in [0.1, 0.15) is 0 Å². The van der Waals surface area contributed by atoms with Crippen molar-refractivity contribution < 1.29 is 18.1 Å². The molecule has 0 aliphatic heterocycles. The number of hydrogen-bond acceptors (Lipinski definition) is 5. The Hall–Kier alpha value is -1.34. The van der Waals surface area contributed by atoms with E-state index in [1.165, 1.54) is 12.1 Å². The van der Waals surface area contributed by atoms with Gasteiger partial charge in [0.2, 0.25) is 9.05 Å². The summed E-state index contributed by atoms with van der Waals surface area (Å²) in [5, 5.41) is 11.0. The monoisotopic (exact) mass is 335 g/mol. The summed E-state index contributed by atoms with van der Waals surface area (Å²) in [6, 6.07) is 4.64. The first kappa shape index (κ1) is 17.7. The molecule has 0 saturated carbocycles. The van der Waals surface area contributed by atoms with E-state index < -0.39 is 14.0 Å². The molecular weight excluding hydrogens is 318 g/mol. The number of nitro benzene ring substituents is 1. The lowest BCUT2D eigenvalue weighted by molar-refractivity contribution is -0.385. The first-order chi connectivity index (χ1) is 9.73. The molecule has 0 amide bonds. The summed E-state index contributed by atoms with van der Waals surface area (Å²) in [4.78, 5) is 10.5. The van der Waals surface area contributed by atoms with Crippen molar-refractivity contribution in [3.63, 3.8) is 0 Å². The maximum Gasteiger partial charge on any atom is 0.311 e. The van der Waals surface area contributed by atoms with Crippen LogP contribution in [0.2, 0.25) is 0 Å². The standard InChI is InChI=1S/C13H18ClNO5S/c1-3-4-11(9-21(14,18)19)8-20-13-6-5-10(2)7-12(13)15(16)17/h5-7,11H,3-4,8-9H2,1-2H3. The molecule has 0 aliphatic rings. The molecule has 1 aromatic rings.